The van der Waals surface area contributed by atoms with Crippen LogP contribution in [0.1, 0.15) is 73.6 Å². The van der Waals surface area contributed by atoms with Crippen LogP contribution in [-0.2, 0) is 0 Å². The molecule has 0 N–H and O–H groups in total. The van der Waals surface area contributed by atoms with Crippen LogP contribution in [0.2, 0.25) is 0 Å². The van der Waals surface area contributed by atoms with Gasteiger partial charge in [-0.2, -0.15) is 0 Å². The highest BCUT2D eigenvalue weighted by Crippen LogP contribution is 2.29. The van der Waals surface area contributed by atoms with Gasteiger partial charge in [0, 0.05) is 0 Å². The van der Waals surface area contributed by atoms with Gasteiger partial charge >= 0.3 is 0 Å². The predicted molar refractivity (Wildman–Crippen MR) is 77.8 cm³/mol. The van der Waals surface area contributed by atoms with Gasteiger partial charge in [0.15, 0.2) is 0 Å². The van der Waals surface area contributed by atoms with Gasteiger partial charge in [-0.15, -0.1) is 0 Å². The Kier molecular flexibility index (Phi) is 16.2. The van der Waals surface area contributed by atoms with E-state index >= 15 is 0 Å². The Labute approximate surface area is 104 Å². The molecular formula is C16H32. The predicted octanol–water partition coefficient (Wildman–Crippen LogP) is 6.14. The SMILES string of the molecule is C/C=C\C=C(/C)C1CCCCC1.CC.CC. The third kappa shape index (κ3) is 8.76. The van der Waals surface area contributed by atoms with E-state index in [9.17, 15) is 0 Å². The first kappa shape index (κ1) is 17.9. The van der Waals surface area contributed by atoms with Gasteiger partial charge in [-0.3, -0.25) is 0 Å². The molecule has 1 aliphatic carbocycles. The van der Waals surface area contributed by atoms with Crippen LogP contribution >= 0.6 is 0 Å². The monoisotopic (exact) mass is 224 g/mol. The second kappa shape index (κ2) is 14.5. The van der Waals surface area contributed by atoms with E-state index in [-0.39, 0.29) is 0 Å². The Balaban J connectivity index is 0. The summed E-state index contributed by atoms with van der Waals surface area (Å²) in [5.41, 5.74) is 1.58. The molecule has 0 spiro atoms. The van der Waals surface area contributed by atoms with E-state index in [0.717, 1.165) is 5.92 Å². The smallest absolute Gasteiger partial charge is 0.0203 e. The highest BCUT2D eigenvalue weighted by Gasteiger charge is 2.13. The second-order valence-electron chi connectivity index (χ2n) is 3.77. The molecule has 1 saturated carbocycles. The molecule has 96 valence electrons. The lowest BCUT2D eigenvalue weighted by Crippen LogP contribution is -2.06. The fraction of sp³-hybridized carbons (Fsp3) is 0.750. The van der Waals surface area contributed by atoms with Crippen LogP contribution < -0.4 is 0 Å². The largest absolute Gasteiger partial charge is 0.0877 e. The molecular weight excluding hydrogens is 192 g/mol. The summed E-state index contributed by atoms with van der Waals surface area (Å²) in [6.07, 6.45) is 13.7. The van der Waals surface area contributed by atoms with Crippen molar-refractivity contribution in [2.75, 3.05) is 0 Å². The summed E-state index contributed by atoms with van der Waals surface area (Å²) in [4.78, 5) is 0. The summed E-state index contributed by atoms with van der Waals surface area (Å²) in [5.74, 6) is 0.884. The van der Waals surface area contributed by atoms with Crippen molar-refractivity contribution in [1.29, 1.82) is 0 Å². The van der Waals surface area contributed by atoms with E-state index in [4.69, 9.17) is 0 Å². The van der Waals surface area contributed by atoms with Crippen molar-refractivity contribution >= 4 is 0 Å². The maximum atomic E-state index is 2.27. The lowest BCUT2D eigenvalue weighted by Gasteiger charge is -2.21. The normalized spacial score (nSPS) is 17.2. The van der Waals surface area contributed by atoms with Crippen molar-refractivity contribution in [3.63, 3.8) is 0 Å². The van der Waals surface area contributed by atoms with Gasteiger partial charge in [-0.05, 0) is 32.6 Å². The van der Waals surface area contributed by atoms with Crippen LogP contribution in [0, 0.1) is 5.92 Å². The van der Waals surface area contributed by atoms with Crippen LogP contribution in [0.4, 0.5) is 0 Å². The lowest BCUT2D eigenvalue weighted by molar-refractivity contribution is 0.403. The van der Waals surface area contributed by atoms with E-state index in [1.807, 2.05) is 27.7 Å². The highest BCUT2D eigenvalue weighted by atomic mass is 14.2. The van der Waals surface area contributed by atoms with Gasteiger partial charge in [0.2, 0.25) is 0 Å². The van der Waals surface area contributed by atoms with Crippen LogP contribution in [0.5, 0.6) is 0 Å². The van der Waals surface area contributed by atoms with E-state index in [0.29, 0.717) is 0 Å². The summed E-state index contributed by atoms with van der Waals surface area (Å²) < 4.78 is 0. The molecule has 16 heavy (non-hydrogen) atoms. The summed E-state index contributed by atoms with van der Waals surface area (Å²) in [7, 11) is 0. The molecule has 0 radical (unpaired) electrons. The molecule has 0 unspecified atom stereocenters. The molecule has 0 aromatic rings. The maximum Gasteiger partial charge on any atom is -0.0203 e. The molecule has 0 aliphatic heterocycles. The number of hydrogen-bond acceptors (Lipinski definition) is 0. The topological polar surface area (TPSA) is 0 Å². The summed E-state index contributed by atoms with van der Waals surface area (Å²) in [6, 6.07) is 0. The third-order valence-corrected chi connectivity index (χ3v) is 2.80. The van der Waals surface area contributed by atoms with E-state index in [1.54, 1.807) is 5.57 Å². The zero-order valence-electron chi connectivity index (χ0n) is 12.3. The third-order valence-electron chi connectivity index (χ3n) is 2.80. The average molecular weight is 224 g/mol. The van der Waals surface area contributed by atoms with Gasteiger partial charge < -0.3 is 0 Å². The quantitative estimate of drug-likeness (QED) is 0.494. The Hall–Kier alpha value is -0.520. The molecule has 0 atom stereocenters. The molecule has 0 saturated heterocycles. The minimum Gasteiger partial charge on any atom is -0.0877 e. The Morgan fingerprint density at radius 1 is 0.938 bits per heavy atom. The summed E-state index contributed by atoms with van der Waals surface area (Å²) >= 11 is 0. The van der Waals surface area contributed by atoms with Crippen molar-refractivity contribution in [3.8, 4) is 0 Å². The molecule has 0 bridgehead atoms. The molecule has 0 heterocycles. The van der Waals surface area contributed by atoms with Crippen LogP contribution in [-0.4, -0.2) is 0 Å². The zero-order valence-corrected chi connectivity index (χ0v) is 12.3. The number of allylic oxidation sites excluding steroid dienone is 4. The van der Waals surface area contributed by atoms with Crippen molar-refractivity contribution in [3.05, 3.63) is 23.8 Å². The van der Waals surface area contributed by atoms with Crippen LogP contribution in [0.25, 0.3) is 0 Å². The first-order valence-corrected chi connectivity index (χ1v) is 7.14. The molecule has 0 aromatic heterocycles. The maximum absolute atomic E-state index is 2.27. The molecule has 1 rings (SSSR count). The Bertz CT molecular complexity index is 168. The molecule has 0 nitrogen and oxygen atoms in total. The first-order chi connectivity index (χ1) is 7.84. The highest BCUT2D eigenvalue weighted by molar-refractivity contribution is 5.13. The van der Waals surface area contributed by atoms with E-state index in [2.05, 4.69) is 32.1 Å². The molecule has 0 heteroatoms. The van der Waals surface area contributed by atoms with Crippen molar-refractivity contribution in [2.24, 2.45) is 5.92 Å². The fourth-order valence-corrected chi connectivity index (χ4v) is 1.94. The van der Waals surface area contributed by atoms with Gasteiger partial charge in [-0.1, -0.05) is 70.8 Å². The molecule has 1 aliphatic rings. The first-order valence-electron chi connectivity index (χ1n) is 7.14. The molecule has 0 amide bonds. The van der Waals surface area contributed by atoms with Gasteiger partial charge in [-0.25, -0.2) is 0 Å². The van der Waals surface area contributed by atoms with E-state index in [1.165, 1.54) is 32.1 Å². The standard InChI is InChI=1S/C12H20.2C2H6/c1-3-4-8-11(2)12-9-6-5-7-10-12;2*1-2/h3-4,8,12H,5-7,9-10H2,1-2H3;2*1-2H3/b4-3-,11-8+;;. The number of rotatable bonds is 2. The Morgan fingerprint density at radius 3 is 1.88 bits per heavy atom. The van der Waals surface area contributed by atoms with E-state index < -0.39 is 0 Å². The molecule has 1 fully saturated rings. The van der Waals surface area contributed by atoms with Crippen molar-refractivity contribution in [1.82, 2.24) is 0 Å². The zero-order chi connectivity index (χ0) is 12.8. The summed E-state index contributed by atoms with van der Waals surface area (Å²) in [5, 5.41) is 0. The minimum atomic E-state index is 0.884. The van der Waals surface area contributed by atoms with Crippen LogP contribution in [0.3, 0.4) is 0 Å². The molecule has 0 aromatic carbocycles. The Morgan fingerprint density at radius 2 is 1.44 bits per heavy atom. The van der Waals surface area contributed by atoms with Crippen molar-refractivity contribution < 1.29 is 0 Å². The van der Waals surface area contributed by atoms with Gasteiger partial charge in [0.25, 0.3) is 0 Å². The van der Waals surface area contributed by atoms with Gasteiger partial charge in [0.1, 0.15) is 0 Å². The van der Waals surface area contributed by atoms with Crippen molar-refractivity contribution in [2.45, 2.75) is 73.6 Å². The summed E-state index contributed by atoms with van der Waals surface area (Å²) in [6.45, 7) is 12.3. The minimum absolute atomic E-state index is 0.884. The average Bonchev–Trinajstić information content (AvgIpc) is 2.41. The van der Waals surface area contributed by atoms with Gasteiger partial charge in [0.05, 0.1) is 0 Å². The van der Waals surface area contributed by atoms with Crippen LogP contribution in [0.15, 0.2) is 23.8 Å². The number of hydrogen-bond donors (Lipinski definition) is 0. The second-order valence-corrected chi connectivity index (χ2v) is 3.77. The lowest BCUT2D eigenvalue weighted by atomic mass is 9.84. The fourth-order valence-electron chi connectivity index (χ4n) is 1.94.